The molecule has 0 saturated heterocycles. The van der Waals surface area contributed by atoms with Gasteiger partial charge in [0, 0.05) is 22.6 Å². The second-order valence-electron chi connectivity index (χ2n) is 1.63. The minimum absolute atomic E-state index is 0. The first kappa shape index (κ1) is 8.47. The number of hydrogen-bond acceptors (Lipinski definition) is 1. The summed E-state index contributed by atoms with van der Waals surface area (Å²) in [5.41, 5.74) is 0.477. The molecule has 0 atom stereocenters. The van der Waals surface area contributed by atoms with Gasteiger partial charge < -0.3 is 5.11 Å². The molecule has 1 rings (SSSR count). The predicted molar refractivity (Wildman–Crippen MR) is 29.5 cm³/mol. The van der Waals surface area contributed by atoms with Crippen molar-refractivity contribution in [3.8, 4) is 0 Å². The summed E-state index contributed by atoms with van der Waals surface area (Å²) in [6.45, 7) is 0. The fourth-order valence-electron chi connectivity index (χ4n) is 0.606. The summed E-state index contributed by atoms with van der Waals surface area (Å²) in [5.74, 6) is -0.810. The van der Waals surface area contributed by atoms with Gasteiger partial charge in [0.15, 0.2) is 0 Å². The minimum atomic E-state index is -0.810. The van der Waals surface area contributed by atoms with Crippen molar-refractivity contribution in [2.45, 2.75) is 6.42 Å². The first-order chi connectivity index (χ1) is 3.80. The van der Waals surface area contributed by atoms with Crippen LogP contribution in [-0.2, 0) is 21.9 Å². The predicted octanol–water partition coefficient (Wildman–Crippen LogP) is 0.955. The average Bonchev–Trinajstić information content (AvgIpc) is 2.12. The van der Waals surface area contributed by atoms with E-state index in [4.69, 9.17) is 5.11 Å². The molecule has 0 saturated carbocycles. The molecule has 2 nitrogen and oxygen atoms in total. The number of rotatable bonds is 1. The third kappa shape index (κ3) is 2.04. The van der Waals surface area contributed by atoms with Crippen molar-refractivity contribution >= 4 is 5.97 Å². The van der Waals surface area contributed by atoms with Crippen LogP contribution in [0.4, 0.5) is 0 Å². The van der Waals surface area contributed by atoms with E-state index in [9.17, 15) is 4.79 Å². The fourth-order valence-corrected chi connectivity index (χ4v) is 0.606. The standard InChI is InChI=1S/C6H6O2.Mn/c7-6(8)5-3-1-2-4-5;/h1-3H,4H2,(H,7,8);. The summed E-state index contributed by atoms with van der Waals surface area (Å²) in [7, 11) is 0. The van der Waals surface area contributed by atoms with Crippen molar-refractivity contribution in [3.63, 3.8) is 0 Å². The van der Waals surface area contributed by atoms with Gasteiger partial charge in [0.25, 0.3) is 0 Å². The Morgan fingerprint density at radius 2 is 2.33 bits per heavy atom. The van der Waals surface area contributed by atoms with Crippen molar-refractivity contribution in [1.82, 2.24) is 0 Å². The number of allylic oxidation sites excluding steroid dienone is 3. The molecule has 0 aromatic heterocycles. The zero-order valence-corrected chi connectivity index (χ0v) is 5.85. The second kappa shape index (κ2) is 3.49. The van der Waals surface area contributed by atoms with Gasteiger partial charge in [-0.1, -0.05) is 18.2 Å². The Balaban J connectivity index is 0.000000640. The molecule has 0 aromatic carbocycles. The van der Waals surface area contributed by atoms with Crippen LogP contribution in [0.3, 0.4) is 0 Å². The fraction of sp³-hybridized carbons (Fsp3) is 0.167. The van der Waals surface area contributed by atoms with Crippen molar-refractivity contribution in [3.05, 3.63) is 23.8 Å². The first-order valence-corrected chi connectivity index (χ1v) is 2.39. The largest absolute Gasteiger partial charge is 0.478 e. The van der Waals surface area contributed by atoms with Gasteiger partial charge in [0.05, 0.1) is 0 Å². The molecule has 3 heteroatoms. The summed E-state index contributed by atoms with van der Waals surface area (Å²) in [6.07, 6.45) is 5.77. The molecule has 1 aliphatic carbocycles. The number of hydrogen-bond donors (Lipinski definition) is 1. The normalized spacial score (nSPS) is 14.4. The Labute approximate surface area is 63.7 Å². The van der Waals surface area contributed by atoms with E-state index < -0.39 is 5.97 Å². The number of carbonyl (C=O) groups is 1. The SMILES string of the molecule is O=C(O)C1=CC=CC1.[Mn]. The molecule has 1 aliphatic rings. The Bertz CT molecular complexity index is 170. The summed E-state index contributed by atoms with van der Waals surface area (Å²) < 4.78 is 0. The van der Waals surface area contributed by atoms with Crippen LogP contribution in [0.25, 0.3) is 0 Å². The summed E-state index contributed by atoms with van der Waals surface area (Å²) in [4.78, 5) is 10.1. The monoisotopic (exact) mass is 165 g/mol. The molecule has 49 valence electrons. The molecule has 1 N–H and O–H groups in total. The molecule has 0 aromatic rings. The van der Waals surface area contributed by atoms with E-state index in [-0.39, 0.29) is 17.1 Å². The Morgan fingerprint density at radius 3 is 2.56 bits per heavy atom. The van der Waals surface area contributed by atoms with Gasteiger partial charge in [-0.05, 0) is 6.42 Å². The smallest absolute Gasteiger partial charge is 0.331 e. The molecule has 0 heterocycles. The third-order valence-corrected chi connectivity index (χ3v) is 1.05. The molecule has 0 spiro atoms. The van der Waals surface area contributed by atoms with Gasteiger partial charge in [-0.2, -0.15) is 0 Å². The van der Waals surface area contributed by atoms with E-state index in [1.807, 2.05) is 6.08 Å². The van der Waals surface area contributed by atoms with Crippen LogP contribution in [0, 0.1) is 0 Å². The average molecular weight is 165 g/mol. The molecule has 0 aliphatic heterocycles. The van der Waals surface area contributed by atoms with E-state index >= 15 is 0 Å². The van der Waals surface area contributed by atoms with Crippen molar-refractivity contribution in [1.29, 1.82) is 0 Å². The maximum atomic E-state index is 10.1. The summed E-state index contributed by atoms with van der Waals surface area (Å²) >= 11 is 0. The molecular weight excluding hydrogens is 159 g/mol. The number of carboxylic acid groups (broad SMARTS) is 1. The van der Waals surface area contributed by atoms with Gasteiger partial charge >= 0.3 is 5.97 Å². The quantitative estimate of drug-likeness (QED) is 0.587. The molecule has 9 heavy (non-hydrogen) atoms. The zero-order valence-electron chi connectivity index (χ0n) is 4.67. The van der Waals surface area contributed by atoms with Crippen LogP contribution in [0.15, 0.2) is 23.8 Å². The second-order valence-corrected chi connectivity index (χ2v) is 1.63. The van der Waals surface area contributed by atoms with Crippen molar-refractivity contribution < 1.29 is 27.0 Å². The summed E-state index contributed by atoms with van der Waals surface area (Å²) in [6, 6.07) is 0. The molecule has 0 unspecified atom stereocenters. The van der Waals surface area contributed by atoms with Crippen LogP contribution < -0.4 is 0 Å². The zero-order chi connectivity index (χ0) is 5.98. The van der Waals surface area contributed by atoms with E-state index in [1.165, 1.54) is 0 Å². The van der Waals surface area contributed by atoms with Gasteiger partial charge in [-0.15, -0.1) is 0 Å². The van der Waals surface area contributed by atoms with Gasteiger partial charge in [-0.3, -0.25) is 0 Å². The van der Waals surface area contributed by atoms with Crippen LogP contribution in [-0.4, -0.2) is 11.1 Å². The maximum Gasteiger partial charge on any atom is 0.331 e. The van der Waals surface area contributed by atoms with Crippen molar-refractivity contribution in [2.75, 3.05) is 0 Å². The van der Waals surface area contributed by atoms with E-state index in [0.29, 0.717) is 12.0 Å². The molecular formula is C6H6MnO2. The van der Waals surface area contributed by atoms with Gasteiger partial charge in [0.1, 0.15) is 0 Å². The number of aliphatic carboxylic acids is 1. The Kier molecular flexibility index (Phi) is 3.28. The molecule has 1 radical (unpaired) electrons. The van der Waals surface area contributed by atoms with Gasteiger partial charge in [-0.25, -0.2) is 4.79 Å². The molecule has 0 fully saturated rings. The summed E-state index contributed by atoms with van der Waals surface area (Å²) in [5, 5.41) is 8.30. The van der Waals surface area contributed by atoms with Crippen LogP contribution in [0.1, 0.15) is 6.42 Å². The van der Waals surface area contributed by atoms with E-state index in [2.05, 4.69) is 0 Å². The van der Waals surface area contributed by atoms with Crippen LogP contribution in [0.2, 0.25) is 0 Å². The Morgan fingerprint density at radius 1 is 1.67 bits per heavy atom. The Hall–Kier alpha value is -0.531. The van der Waals surface area contributed by atoms with E-state index in [0.717, 1.165) is 0 Å². The maximum absolute atomic E-state index is 10.1. The molecule has 0 bridgehead atoms. The van der Waals surface area contributed by atoms with Gasteiger partial charge in [0.2, 0.25) is 0 Å². The van der Waals surface area contributed by atoms with Crippen LogP contribution in [0.5, 0.6) is 0 Å². The van der Waals surface area contributed by atoms with Crippen LogP contribution >= 0.6 is 0 Å². The van der Waals surface area contributed by atoms with Crippen molar-refractivity contribution in [2.24, 2.45) is 0 Å². The minimum Gasteiger partial charge on any atom is -0.478 e. The van der Waals surface area contributed by atoms with E-state index in [1.54, 1.807) is 12.2 Å². The first-order valence-electron chi connectivity index (χ1n) is 2.39. The number of carboxylic acids is 1. The topological polar surface area (TPSA) is 37.3 Å². The molecule has 0 amide bonds. The third-order valence-electron chi connectivity index (χ3n) is 1.05.